The lowest BCUT2D eigenvalue weighted by molar-refractivity contribution is 0.416. The highest BCUT2D eigenvalue weighted by atomic mass is 35.5. The predicted octanol–water partition coefficient (Wildman–Crippen LogP) is 3.66. The summed E-state index contributed by atoms with van der Waals surface area (Å²) >= 11 is 5.92. The number of hydrogen-bond acceptors (Lipinski definition) is 4. The van der Waals surface area contributed by atoms with Crippen LogP contribution in [0.4, 0.5) is 5.69 Å². The summed E-state index contributed by atoms with van der Waals surface area (Å²) < 4.78 is 5.36. The normalized spacial score (nSPS) is 16.3. The lowest BCUT2D eigenvalue weighted by Crippen LogP contribution is -2.19. The Hall–Kier alpha value is -2.33. The van der Waals surface area contributed by atoms with E-state index in [1.807, 2.05) is 18.2 Å². The van der Waals surface area contributed by atoms with Gasteiger partial charge in [0.15, 0.2) is 5.82 Å². The number of nitrogens with zero attached hydrogens (tertiary/aromatic N) is 2. The summed E-state index contributed by atoms with van der Waals surface area (Å²) in [6, 6.07) is 13.6. The smallest absolute Gasteiger partial charge is 0.258 e. The first-order valence-corrected chi connectivity index (χ1v) is 7.07. The number of aromatic nitrogens is 2. The Morgan fingerprint density at radius 1 is 1.19 bits per heavy atom. The fraction of sp³-hybridized carbons (Fsp3) is 0.125. The molecule has 0 bridgehead atoms. The number of nitrogen functional groups attached to an aromatic ring is 1. The zero-order valence-corrected chi connectivity index (χ0v) is 11.8. The van der Waals surface area contributed by atoms with Crippen LogP contribution < -0.4 is 5.73 Å². The molecule has 1 aliphatic carbocycles. The Morgan fingerprint density at radius 2 is 2.05 bits per heavy atom. The van der Waals surface area contributed by atoms with Gasteiger partial charge < -0.3 is 10.3 Å². The first-order valence-electron chi connectivity index (χ1n) is 6.69. The van der Waals surface area contributed by atoms with Crippen LogP contribution >= 0.6 is 11.6 Å². The highest BCUT2D eigenvalue weighted by Crippen LogP contribution is 2.39. The van der Waals surface area contributed by atoms with Crippen molar-refractivity contribution in [3.8, 4) is 11.5 Å². The summed E-state index contributed by atoms with van der Waals surface area (Å²) in [6.07, 6.45) is 0.956. The van der Waals surface area contributed by atoms with E-state index in [1.54, 1.807) is 12.1 Å². The first-order chi connectivity index (χ1) is 10.2. The standard InChI is InChI=1S/C16H12ClN3O/c17-13-6-5-10(8-14(13)18)16-19-15(20-21-16)12-7-9-3-1-2-4-11(9)12/h1-6,8,12H,7,18H2. The summed E-state index contributed by atoms with van der Waals surface area (Å²) in [5.74, 6) is 1.42. The molecular formula is C16H12ClN3O. The van der Waals surface area contributed by atoms with Crippen molar-refractivity contribution in [2.75, 3.05) is 5.73 Å². The molecule has 0 amide bonds. The number of nitrogens with two attached hydrogens (primary N) is 1. The molecule has 1 unspecified atom stereocenters. The molecule has 4 rings (SSSR count). The third kappa shape index (κ3) is 1.99. The second kappa shape index (κ2) is 4.60. The van der Waals surface area contributed by atoms with Gasteiger partial charge in [0.05, 0.1) is 16.6 Å². The zero-order chi connectivity index (χ0) is 14.4. The van der Waals surface area contributed by atoms with Crippen molar-refractivity contribution < 1.29 is 4.52 Å². The van der Waals surface area contributed by atoms with Crippen LogP contribution in [0.25, 0.3) is 11.5 Å². The van der Waals surface area contributed by atoms with Gasteiger partial charge in [-0.15, -0.1) is 0 Å². The minimum absolute atomic E-state index is 0.225. The Bertz CT molecular complexity index is 828. The molecular weight excluding hydrogens is 286 g/mol. The van der Waals surface area contributed by atoms with Crippen molar-refractivity contribution in [3.05, 3.63) is 64.4 Å². The zero-order valence-electron chi connectivity index (χ0n) is 11.1. The highest BCUT2D eigenvalue weighted by molar-refractivity contribution is 6.33. The average Bonchev–Trinajstić information content (AvgIpc) is 2.93. The minimum Gasteiger partial charge on any atom is -0.398 e. The van der Waals surface area contributed by atoms with Crippen LogP contribution in [0.1, 0.15) is 22.9 Å². The number of halogens is 1. The summed E-state index contributed by atoms with van der Waals surface area (Å²) in [4.78, 5) is 4.50. The molecule has 0 saturated carbocycles. The summed E-state index contributed by atoms with van der Waals surface area (Å²) in [5.41, 5.74) is 9.72. The molecule has 0 spiro atoms. The van der Waals surface area contributed by atoms with Gasteiger partial charge in [0.25, 0.3) is 5.89 Å². The lowest BCUT2D eigenvalue weighted by atomic mass is 9.77. The van der Waals surface area contributed by atoms with Crippen molar-refractivity contribution in [2.45, 2.75) is 12.3 Å². The molecule has 21 heavy (non-hydrogen) atoms. The van der Waals surface area contributed by atoms with Gasteiger partial charge in [0.2, 0.25) is 0 Å². The van der Waals surface area contributed by atoms with E-state index < -0.39 is 0 Å². The molecule has 2 aromatic carbocycles. The van der Waals surface area contributed by atoms with E-state index in [2.05, 4.69) is 22.3 Å². The summed E-state index contributed by atoms with van der Waals surface area (Å²) in [7, 11) is 0. The third-order valence-corrected chi connectivity index (χ3v) is 4.20. The molecule has 0 saturated heterocycles. The van der Waals surface area contributed by atoms with Crippen LogP contribution in [0.5, 0.6) is 0 Å². The Labute approximate surface area is 126 Å². The minimum atomic E-state index is 0.225. The molecule has 4 nitrogen and oxygen atoms in total. The van der Waals surface area contributed by atoms with Crippen LogP contribution in [-0.2, 0) is 6.42 Å². The van der Waals surface area contributed by atoms with Crippen LogP contribution in [0.2, 0.25) is 5.02 Å². The largest absolute Gasteiger partial charge is 0.398 e. The first kappa shape index (κ1) is 12.4. The van der Waals surface area contributed by atoms with Gasteiger partial charge in [-0.05, 0) is 35.7 Å². The molecule has 104 valence electrons. The van der Waals surface area contributed by atoms with Crippen molar-refractivity contribution >= 4 is 17.3 Å². The van der Waals surface area contributed by atoms with Crippen molar-refractivity contribution in [2.24, 2.45) is 0 Å². The molecule has 0 radical (unpaired) electrons. The molecule has 3 aromatic rings. The molecule has 0 fully saturated rings. The van der Waals surface area contributed by atoms with Gasteiger partial charge in [-0.2, -0.15) is 4.98 Å². The van der Waals surface area contributed by atoms with Crippen molar-refractivity contribution in [1.82, 2.24) is 10.1 Å². The van der Waals surface area contributed by atoms with Gasteiger partial charge in [0, 0.05) is 5.56 Å². The van der Waals surface area contributed by atoms with E-state index in [0.29, 0.717) is 16.6 Å². The quantitative estimate of drug-likeness (QED) is 0.733. The lowest BCUT2D eigenvalue weighted by Gasteiger charge is -2.27. The topological polar surface area (TPSA) is 64.9 Å². The molecule has 1 aromatic heterocycles. The van der Waals surface area contributed by atoms with Gasteiger partial charge in [0.1, 0.15) is 0 Å². The fourth-order valence-corrected chi connectivity index (χ4v) is 2.78. The molecule has 1 atom stereocenters. The summed E-state index contributed by atoms with van der Waals surface area (Å²) in [6.45, 7) is 0. The van der Waals surface area contributed by atoms with Crippen LogP contribution in [0, 0.1) is 0 Å². The molecule has 1 aliphatic rings. The number of fused-ring (bicyclic) bond motifs is 1. The molecule has 5 heteroatoms. The number of anilines is 1. The van der Waals surface area contributed by atoms with E-state index in [-0.39, 0.29) is 5.92 Å². The monoisotopic (exact) mass is 297 g/mol. The number of hydrogen-bond donors (Lipinski definition) is 1. The molecule has 2 N–H and O–H groups in total. The third-order valence-electron chi connectivity index (χ3n) is 3.85. The Balaban J connectivity index is 1.66. The van der Waals surface area contributed by atoms with E-state index in [4.69, 9.17) is 21.9 Å². The average molecular weight is 298 g/mol. The van der Waals surface area contributed by atoms with Crippen LogP contribution in [0.3, 0.4) is 0 Å². The molecule has 0 aliphatic heterocycles. The van der Waals surface area contributed by atoms with E-state index in [9.17, 15) is 0 Å². The highest BCUT2D eigenvalue weighted by Gasteiger charge is 2.31. The maximum absolute atomic E-state index is 5.92. The Morgan fingerprint density at radius 3 is 2.86 bits per heavy atom. The Kier molecular flexibility index (Phi) is 2.72. The van der Waals surface area contributed by atoms with Crippen LogP contribution in [-0.4, -0.2) is 10.1 Å². The van der Waals surface area contributed by atoms with Gasteiger partial charge in [-0.1, -0.05) is 41.0 Å². The maximum atomic E-state index is 5.92. The maximum Gasteiger partial charge on any atom is 0.258 e. The predicted molar refractivity (Wildman–Crippen MR) is 81.1 cm³/mol. The van der Waals surface area contributed by atoms with Crippen LogP contribution in [0.15, 0.2) is 47.0 Å². The van der Waals surface area contributed by atoms with Gasteiger partial charge in [-0.25, -0.2) is 0 Å². The van der Waals surface area contributed by atoms with E-state index >= 15 is 0 Å². The second-order valence-corrected chi connectivity index (χ2v) is 5.56. The van der Waals surface area contributed by atoms with Gasteiger partial charge >= 0.3 is 0 Å². The van der Waals surface area contributed by atoms with E-state index in [1.165, 1.54) is 11.1 Å². The van der Waals surface area contributed by atoms with Crippen molar-refractivity contribution in [3.63, 3.8) is 0 Å². The van der Waals surface area contributed by atoms with Crippen molar-refractivity contribution in [1.29, 1.82) is 0 Å². The number of rotatable bonds is 2. The summed E-state index contributed by atoms with van der Waals surface area (Å²) in [5, 5.41) is 4.63. The molecule has 1 heterocycles. The fourth-order valence-electron chi connectivity index (χ4n) is 2.66. The van der Waals surface area contributed by atoms with Gasteiger partial charge in [-0.3, -0.25) is 0 Å². The SMILES string of the molecule is Nc1cc(-c2nc(C3Cc4ccccc43)no2)ccc1Cl. The number of benzene rings is 2. The van der Waals surface area contributed by atoms with E-state index in [0.717, 1.165) is 17.8 Å². The second-order valence-electron chi connectivity index (χ2n) is 5.15.